The molecule has 31 heavy (non-hydrogen) atoms. The standard InChI is InChI=1S/C21H27FN4O3S.HI/c1-23-21(24-11-16-29-17-7-9-18(10-8-17)30(2,27)28)26-14-12-25(13-15-26)20-6-4-3-5-19(20)22;/h3-10H,11-16H2,1-2H3,(H,23,24);1H. The number of nitrogens with one attached hydrogen (secondary N) is 1. The van der Waals surface area contributed by atoms with Crippen LogP contribution in [0.25, 0.3) is 0 Å². The molecule has 0 aromatic heterocycles. The lowest BCUT2D eigenvalue weighted by atomic mass is 10.2. The van der Waals surface area contributed by atoms with Crippen LogP contribution in [0.2, 0.25) is 0 Å². The normalized spacial score (nSPS) is 14.7. The fourth-order valence-electron chi connectivity index (χ4n) is 3.31. The number of ether oxygens (including phenoxy) is 1. The monoisotopic (exact) mass is 562 g/mol. The van der Waals surface area contributed by atoms with E-state index in [0.29, 0.717) is 37.7 Å². The molecule has 1 aliphatic heterocycles. The van der Waals surface area contributed by atoms with E-state index in [2.05, 4.69) is 15.2 Å². The van der Waals surface area contributed by atoms with Gasteiger partial charge < -0.3 is 19.9 Å². The molecule has 1 fully saturated rings. The minimum absolute atomic E-state index is 0. The van der Waals surface area contributed by atoms with Crippen molar-refractivity contribution in [1.29, 1.82) is 0 Å². The molecule has 0 bridgehead atoms. The highest BCUT2D eigenvalue weighted by molar-refractivity contribution is 14.0. The van der Waals surface area contributed by atoms with Gasteiger partial charge in [0.1, 0.15) is 18.2 Å². The number of halogens is 2. The van der Waals surface area contributed by atoms with Crippen LogP contribution in [0, 0.1) is 5.82 Å². The molecular weight excluding hydrogens is 534 g/mol. The summed E-state index contributed by atoms with van der Waals surface area (Å²) in [5.74, 6) is 1.19. The Bertz CT molecular complexity index is 978. The molecule has 0 atom stereocenters. The summed E-state index contributed by atoms with van der Waals surface area (Å²) < 4.78 is 42.6. The van der Waals surface area contributed by atoms with Crippen LogP contribution in [0.3, 0.4) is 0 Å². The van der Waals surface area contributed by atoms with Gasteiger partial charge in [0.25, 0.3) is 0 Å². The fraction of sp³-hybridized carbons (Fsp3) is 0.381. The topological polar surface area (TPSA) is 74.2 Å². The zero-order valence-corrected chi connectivity index (χ0v) is 20.8. The van der Waals surface area contributed by atoms with E-state index in [1.165, 1.54) is 24.5 Å². The second-order valence-electron chi connectivity index (χ2n) is 6.99. The van der Waals surface area contributed by atoms with Crippen LogP contribution < -0.4 is 15.0 Å². The lowest BCUT2D eigenvalue weighted by Gasteiger charge is -2.37. The number of hydrogen-bond donors (Lipinski definition) is 1. The van der Waals surface area contributed by atoms with Crippen molar-refractivity contribution in [1.82, 2.24) is 10.2 Å². The summed E-state index contributed by atoms with van der Waals surface area (Å²) in [5.41, 5.74) is 0.635. The van der Waals surface area contributed by atoms with Crippen LogP contribution >= 0.6 is 24.0 Å². The van der Waals surface area contributed by atoms with Crippen LogP contribution in [-0.2, 0) is 9.84 Å². The first kappa shape index (κ1) is 25.2. The molecule has 0 amide bonds. The van der Waals surface area contributed by atoms with E-state index < -0.39 is 9.84 Å². The van der Waals surface area contributed by atoms with E-state index in [4.69, 9.17) is 4.74 Å². The number of benzene rings is 2. The lowest BCUT2D eigenvalue weighted by molar-refractivity contribution is 0.314. The van der Waals surface area contributed by atoms with Crippen molar-refractivity contribution in [3.63, 3.8) is 0 Å². The predicted octanol–water partition coefficient (Wildman–Crippen LogP) is 2.62. The number of nitrogens with zero attached hydrogens (tertiary/aromatic N) is 3. The van der Waals surface area contributed by atoms with Crippen LogP contribution in [0.5, 0.6) is 5.75 Å². The molecule has 0 radical (unpaired) electrons. The van der Waals surface area contributed by atoms with Crippen LogP contribution in [-0.4, -0.2) is 71.9 Å². The predicted molar refractivity (Wildman–Crippen MR) is 132 cm³/mol. The second kappa shape index (κ2) is 11.5. The third-order valence-corrected chi connectivity index (χ3v) is 6.02. The zero-order chi connectivity index (χ0) is 21.6. The molecule has 0 saturated carbocycles. The van der Waals surface area contributed by atoms with Gasteiger partial charge in [-0.1, -0.05) is 12.1 Å². The maximum Gasteiger partial charge on any atom is 0.193 e. The van der Waals surface area contributed by atoms with Gasteiger partial charge in [-0.15, -0.1) is 24.0 Å². The summed E-state index contributed by atoms with van der Waals surface area (Å²) in [4.78, 5) is 8.77. The number of anilines is 1. The van der Waals surface area contributed by atoms with Crippen molar-refractivity contribution >= 4 is 45.5 Å². The summed E-state index contributed by atoms with van der Waals surface area (Å²) in [6.45, 7) is 3.86. The first-order valence-electron chi connectivity index (χ1n) is 9.76. The first-order valence-corrected chi connectivity index (χ1v) is 11.7. The van der Waals surface area contributed by atoms with Gasteiger partial charge in [0.2, 0.25) is 0 Å². The molecule has 3 rings (SSSR count). The number of rotatable bonds is 6. The number of sulfone groups is 1. The van der Waals surface area contributed by atoms with Gasteiger partial charge in [0.05, 0.1) is 17.1 Å². The maximum absolute atomic E-state index is 14.0. The molecule has 170 valence electrons. The Balaban J connectivity index is 0.00000341. The molecule has 1 saturated heterocycles. The minimum Gasteiger partial charge on any atom is -0.492 e. The number of aliphatic imine (C=N–C) groups is 1. The van der Waals surface area contributed by atoms with E-state index in [0.717, 1.165) is 19.0 Å². The van der Waals surface area contributed by atoms with Gasteiger partial charge >= 0.3 is 0 Å². The van der Waals surface area contributed by atoms with Crippen LogP contribution in [0.1, 0.15) is 0 Å². The summed E-state index contributed by atoms with van der Waals surface area (Å²) in [5, 5.41) is 3.27. The van der Waals surface area contributed by atoms with Gasteiger partial charge in [-0.3, -0.25) is 4.99 Å². The van der Waals surface area contributed by atoms with Gasteiger partial charge in [-0.05, 0) is 36.4 Å². The highest BCUT2D eigenvalue weighted by Gasteiger charge is 2.21. The van der Waals surface area contributed by atoms with E-state index in [1.807, 2.05) is 11.0 Å². The summed E-state index contributed by atoms with van der Waals surface area (Å²) in [7, 11) is -1.48. The average molecular weight is 562 g/mol. The molecule has 1 N–H and O–H groups in total. The van der Waals surface area contributed by atoms with Crippen LogP contribution in [0.4, 0.5) is 10.1 Å². The third kappa shape index (κ3) is 6.96. The Morgan fingerprint density at radius 3 is 2.32 bits per heavy atom. The Labute approximate surface area is 200 Å². The highest BCUT2D eigenvalue weighted by atomic mass is 127. The molecular formula is C21H28FIN4O3S. The van der Waals surface area contributed by atoms with Gasteiger partial charge in [0.15, 0.2) is 15.8 Å². The maximum atomic E-state index is 14.0. The van der Waals surface area contributed by atoms with E-state index >= 15 is 0 Å². The van der Waals surface area contributed by atoms with E-state index in [9.17, 15) is 12.8 Å². The van der Waals surface area contributed by atoms with E-state index in [1.54, 1.807) is 31.3 Å². The molecule has 0 aliphatic carbocycles. The van der Waals surface area contributed by atoms with Crippen molar-refractivity contribution in [2.75, 3.05) is 57.5 Å². The Kier molecular flexibility index (Phi) is 9.35. The number of piperazine rings is 1. The second-order valence-corrected chi connectivity index (χ2v) is 9.01. The molecule has 1 heterocycles. The third-order valence-electron chi connectivity index (χ3n) is 4.89. The Hall–Kier alpha value is -2.08. The molecule has 2 aromatic rings. The fourth-order valence-corrected chi connectivity index (χ4v) is 3.94. The Morgan fingerprint density at radius 2 is 1.74 bits per heavy atom. The van der Waals surface area contributed by atoms with Crippen molar-refractivity contribution in [3.05, 3.63) is 54.3 Å². The molecule has 2 aromatic carbocycles. The smallest absolute Gasteiger partial charge is 0.193 e. The van der Waals surface area contributed by atoms with Crippen molar-refractivity contribution in [2.24, 2.45) is 4.99 Å². The van der Waals surface area contributed by atoms with Crippen LogP contribution in [0.15, 0.2) is 58.4 Å². The number of guanidine groups is 1. The molecule has 7 nitrogen and oxygen atoms in total. The van der Waals surface area contributed by atoms with Crippen molar-refractivity contribution in [2.45, 2.75) is 4.90 Å². The quantitative estimate of drug-likeness (QED) is 0.253. The van der Waals surface area contributed by atoms with Gasteiger partial charge in [-0.25, -0.2) is 12.8 Å². The SMILES string of the molecule is CN=C(NCCOc1ccc(S(C)(=O)=O)cc1)N1CCN(c2ccccc2F)CC1.I. The van der Waals surface area contributed by atoms with Gasteiger partial charge in [0, 0.05) is 39.5 Å². The summed E-state index contributed by atoms with van der Waals surface area (Å²) in [6.07, 6.45) is 1.18. The zero-order valence-electron chi connectivity index (χ0n) is 17.6. The molecule has 1 aliphatic rings. The Morgan fingerprint density at radius 1 is 1.10 bits per heavy atom. The van der Waals surface area contributed by atoms with Gasteiger partial charge in [-0.2, -0.15) is 0 Å². The largest absolute Gasteiger partial charge is 0.492 e. The molecule has 0 spiro atoms. The van der Waals surface area contributed by atoms with Crippen molar-refractivity contribution in [3.8, 4) is 5.75 Å². The van der Waals surface area contributed by atoms with Crippen molar-refractivity contribution < 1.29 is 17.5 Å². The first-order chi connectivity index (χ1) is 14.4. The minimum atomic E-state index is -3.21. The molecule has 0 unspecified atom stereocenters. The number of hydrogen-bond acceptors (Lipinski definition) is 5. The average Bonchev–Trinajstić information content (AvgIpc) is 2.74. The number of para-hydroxylation sites is 1. The lowest BCUT2D eigenvalue weighted by Crippen LogP contribution is -2.53. The summed E-state index contributed by atoms with van der Waals surface area (Å²) in [6, 6.07) is 13.2. The highest BCUT2D eigenvalue weighted by Crippen LogP contribution is 2.20. The summed E-state index contributed by atoms with van der Waals surface area (Å²) >= 11 is 0. The molecule has 10 heteroatoms. The van der Waals surface area contributed by atoms with E-state index in [-0.39, 0.29) is 34.7 Å².